The summed E-state index contributed by atoms with van der Waals surface area (Å²) in [4.78, 5) is 3.91. The predicted molar refractivity (Wildman–Crippen MR) is 116 cm³/mol. The molecule has 1 aromatic heterocycles. The molecule has 0 bridgehead atoms. The zero-order valence-corrected chi connectivity index (χ0v) is 16.7. The molecule has 0 unspecified atom stereocenters. The van der Waals surface area contributed by atoms with Crippen LogP contribution in [0.2, 0.25) is 5.02 Å². The molecule has 8 heteroatoms. The van der Waals surface area contributed by atoms with E-state index in [4.69, 9.17) is 17.3 Å². The van der Waals surface area contributed by atoms with E-state index in [0.29, 0.717) is 27.7 Å². The number of nitrogens with zero attached hydrogens (tertiary/aromatic N) is 2. The van der Waals surface area contributed by atoms with E-state index >= 15 is 0 Å². The minimum absolute atomic E-state index is 0.137. The molecule has 0 aliphatic carbocycles. The van der Waals surface area contributed by atoms with Crippen molar-refractivity contribution in [2.75, 3.05) is 10.6 Å². The molecule has 0 saturated heterocycles. The van der Waals surface area contributed by atoms with Crippen LogP contribution in [0.15, 0.2) is 89.8 Å². The third-order valence-corrected chi connectivity index (χ3v) is 5.90. The van der Waals surface area contributed by atoms with Crippen molar-refractivity contribution in [1.29, 1.82) is 0 Å². The number of para-hydroxylation sites is 1. The fourth-order valence-electron chi connectivity index (χ4n) is 2.91. The molecule has 0 aliphatic rings. The quantitative estimate of drug-likeness (QED) is 0.465. The number of hydrogen-bond donors (Lipinski definition) is 2. The maximum atomic E-state index is 12.8. The molecular weight excluding hydrogens is 408 g/mol. The molecule has 1 heterocycles. The molecule has 29 heavy (non-hydrogen) atoms. The molecule has 0 aliphatic heterocycles. The lowest BCUT2D eigenvalue weighted by Gasteiger charge is -2.11. The maximum Gasteiger partial charge on any atom is 0.276 e. The Hall–Kier alpha value is -3.29. The van der Waals surface area contributed by atoms with Gasteiger partial charge in [-0.3, -0.25) is 0 Å². The van der Waals surface area contributed by atoms with Crippen LogP contribution >= 0.6 is 11.6 Å². The number of rotatable bonds is 5. The molecule has 6 nitrogen and oxygen atoms in total. The largest absolute Gasteiger partial charge is 0.398 e. The van der Waals surface area contributed by atoms with Gasteiger partial charge in [-0.25, -0.2) is 0 Å². The minimum Gasteiger partial charge on any atom is -0.398 e. The molecule has 0 spiro atoms. The summed E-state index contributed by atoms with van der Waals surface area (Å²) >= 11 is 6.00. The summed E-state index contributed by atoms with van der Waals surface area (Å²) in [7, 11) is -3.84. The standard InChI is InChI=1S/C21H17ClN4O2S/c22-16-12-10-15(11-13-16)21-14-20(18-8-4-5-9-19(18)23)24-26(21)25-29(27,28)17-6-2-1-3-7-17/h1-14,25H,23H2. The highest BCUT2D eigenvalue weighted by Gasteiger charge is 2.19. The summed E-state index contributed by atoms with van der Waals surface area (Å²) < 4.78 is 25.7. The number of anilines is 1. The average molecular weight is 425 g/mol. The van der Waals surface area contributed by atoms with Crippen LogP contribution in [-0.4, -0.2) is 18.3 Å². The average Bonchev–Trinajstić information content (AvgIpc) is 3.12. The molecule has 146 valence electrons. The van der Waals surface area contributed by atoms with Gasteiger partial charge in [0.15, 0.2) is 0 Å². The van der Waals surface area contributed by atoms with E-state index in [1.54, 1.807) is 54.6 Å². The first-order valence-corrected chi connectivity index (χ1v) is 10.6. The Morgan fingerprint density at radius 2 is 1.55 bits per heavy atom. The van der Waals surface area contributed by atoms with Crippen LogP contribution in [-0.2, 0) is 10.0 Å². The maximum absolute atomic E-state index is 12.8. The number of benzene rings is 3. The van der Waals surface area contributed by atoms with Gasteiger partial charge in [-0.15, -0.1) is 0 Å². The van der Waals surface area contributed by atoms with Gasteiger partial charge in [-0.05, 0) is 36.4 Å². The summed E-state index contributed by atoms with van der Waals surface area (Å²) in [5.41, 5.74) is 9.19. The molecule has 4 rings (SSSR count). The molecule has 4 aromatic rings. The topological polar surface area (TPSA) is 90.0 Å². The summed E-state index contributed by atoms with van der Waals surface area (Å²) in [6, 6.07) is 24.2. The highest BCUT2D eigenvalue weighted by molar-refractivity contribution is 7.92. The molecular formula is C21H17ClN4O2S. The normalized spacial score (nSPS) is 11.3. The Kier molecular flexibility index (Phi) is 5.00. The van der Waals surface area contributed by atoms with Gasteiger partial charge in [-0.2, -0.15) is 23.1 Å². The van der Waals surface area contributed by atoms with Gasteiger partial charge in [0.1, 0.15) is 0 Å². The van der Waals surface area contributed by atoms with Gasteiger partial charge in [0.25, 0.3) is 10.0 Å². The van der Waals surface area contributed by atoms with E-state index in [2.05, 4.69) is 9.93 Å². The number of sulfonamides is 1. The van der Waals surface area contributed by atoms with E-state index < -0.39 is 10.0 Å². The second-order valence-electron chi connectivity index (χ2n) is 6.33. The lowest BCUT2D eigenvalue weighted by Crippen LogP contribution is -2.25. The van der Waals surface area contributed by atoms with Crippen molar-refractivity contribution in [2.24, 2.45) is 0 Å². The molecule has 0 atom stereocenters. The Balaban J connectivity index is 1.83. The SMILES string of the molecule is Nc1ccccc1-c1cc(-c2ccc(Cl)cc2)n(NS(=O)(=O)c2ccccc2)n1. The Morgan fingerprint density at radius 1 is 0.897 bits per heavy atom. The van der Waals surface area contributed by atoms with Crippen molar-refractivity contribution in [3.05, 3.63) is 90.0 Å². The third kappa shape index (κ3) is 3.96. The van der Waals surface area contributed by atoms with Gasteiger partial charge in [-0.1, -0.05) is 60.1 Å². The van der Waals surface area contributed by atoms with Gasteiger partial charge in [0.2, 0.25) is 0 Å². The number of nitrogen functional groups attached to an aromatic ring is 1. The molecule has 0 saturated carbocycles. The predicted octanol–water partition coefficient (Wildman–Crippen LogP) is 4.39. The number of nitrogens with one attached hydrogen (secondary N) is 1. The summed E-state index contributed by atoms with van der Waals surface area (Å²) in [6.07, 6.45) is 0. The van der Waals surface area contributed by atoms with Crippen LogP contribution < -0.4 is 10.6 Å². The molecule has 0 fully saturated rings. The lowest BCUT2D eigenvalue weighted by atomic mass is 10.1. The van der Waals surface area contributed by atoms with Crippen LogP contribution in [0, 0.1) is 0 Å². The zero-order chi connectivity index (χ0) is 20.4. The Morgan fingerprint density at radius 3 is 2.24 bits per heavy atom. The Bertz CT molecular complexity index is 1250. The van der Waals surface area contributed by atoms with Crippen LogP contribution in [0.4, 0.5) is 5.69 Å². The van der Waals surface area contributed by atoms with Crippen LogP contribution in [0.25, 0.3) is 22.5 Å². The summed E-state index contributed by atoms with van der Waals surface area (Å²) in [6.45, 7) is 0. The van der Waals surface area contributed by atoms with Gasteiger partial charge in [0.05, 0.1) is 16.3 Å². The van der Waals surface area contributed by atoms with E-state index in [9.17, 15) is 8.42 Å². The smallest absolute Gasteiger partial charge is 0.276 e. The van der Waals surface area contributed by atoms with Crippen molar-refractivity contribution in [3.8, 4) is 22.5 Å². The van der Waals surface area contributed by atoms with Crippen molar-refractivity contribution in [2.45, 2.75) is 4.90 Å². The number of halogens is 1. The first-order valence-electron chi connectivity index (χ1n) is 8.73. The zero-order valence-electron chi connectivity index (χ0n) is 15.2. The number of nitrogens with two attached hydrogens (primary N) is 1. The van der Waals surface area contributed by atoms with Gasteiger partial charge < -0.3 is 5.73 Å². The highest BCUT2D eigenvalue weighted by atomic mass is 35.5. The van der Waals surface area contributed by atoms with Crippen molar-refractivity contribution in [1.82, 2.24) is 9.89 Å². The van der Waals surface area contributed by atoms with Crippen molar-refractivity contribution in [3.63, 3.8) is 0 Å². The second kappa shape index (κ2) is 7.62. The van der Waals surface area contributed by atoms with Crippen LogP contribution in [0.5, 0.6) is 0 Å². The van der Waals surface area contributed by atoms with Crippen LogP contribution in [0.3, 0.4) is 0 Å². The van der Waals surface area contributed by atoms with E-state index in [0.717, 1.165) is 5.56 Å². The monoisotopic (exact) mass is 424 g/mol. The summed E-state index contributed by atoms with van der Waals surface area (Å²) in [5.74, 6) is 0. The van der Waals surface area contributed by atoms with Crippen molar-refractivity contribution < 1.29 is 8.42 Å². The Labute approximate surface area is 173 Å². The number of aromatic nitrogens is 2. The third-order valence-electron chi connectivity index (χ3n) is 4.35. The molecule has 0 radical (unpaired) electrons. The van der Waals surface area contributed by atoms with Gasteiger partial charge in [0, 0.05) is 21.8 Å². The fourth-order valence-corrected chi connectivity index (χ4v) is 4.02. The molecule has 0 amide bonds. The first kappa shape index (κ1) is 19.0. The molecule has 3 aromatic carbocycles. The first-order chi connectivity index (χ1) is 13.9. The van der Waals surface area contributed by atoms with Crippen molar-refractivity contribution >= 4 is 27.3 Å². The second-order valence-corrected chi connectivity index (χ2v) is 8.43. The molecule has 3 N–H and O–H groups in total. The van der Waals surface area contributed by atoms with Crippen LogP contribution in [0.1, 0.15) is 0 Å². The number of hydrogen-bond acceptors (Lipinski definition) is 4. The highest BCUT2D eigenvalue weighted by Crippen LogP contribution is 2.30. The van der Waals surface area contributed by atoms with E-state index in [1.807, 2.05) is 18.2 Å². The lowest BCUT2D eigenvalue weighted by molar-refractivity contribution is 0.592. The fraction of sp³-hybridized carbons (Fsp3) is 0. The van der Waals surface area contributed by atoms with E-state index in [-0.39, 0.29) is 4.90 Å². The minimum atomic E-state index is -3.84. The van der Waals surface area contributed by atoms with E-state index in [1.165, 1.54) is 16.9 Å². The van der Waals surface area contributed by atoms with Gasteiger partial charge >= 0.3 is 0 Å². The summed E-state index contributed by atoms with van der Waals surface area (Å²) in [5, 5.41) is 5.04.